The summed E-state index contributed by atoms with van der Waals surface area (Å²) in [6, 6.07) is 13.6. The van der Waals surface area contributed by atoms with Crippen molar-refractivity contribution in [2.45, 2.75) is 0 Å². The number of halogens is 2. The van der Waals surface area contributed by atoms with Crippen LogP contribution in [0.3, 0.4) is 0 Å². The molecule has 0 saturated heterocycles. The summed E-state index contributed by atoms with van der Waals surface area (Å²) in [6.45, 7) is -0.223. The third-order valence-corrected chi connectivity index (χ3v) is 4.96. The van der Waals surface area contributed by atoms with Crippen molar-refractivity contribution in [2.24, 2.45) is 5.10 Å². The first-order chi connectivity index (χ1) is 12.9. The number of phenolic OH excluding ortho intramolecular Hbond substituents is 2. The van der Waals surface area contributed by atoms with Gasteiger partial charge in [-0.05, 0) is 57.0 Å². The molecule has 0 unspecified atom stereocenters. The molecule has 3 N–H and O–H groups in total. The summed E-state index contributed by atoms with van der Waals surface area (Å²) in [5.41, 5.74) is 2.68. The fourth-order valence-electron chi connectivity index (χ4n) is 2.34. The van der Waals surface area contributed by atoms with Gasteiger partial charge in [0.05, 0.1) is 10.7 Å². The number of phenols is 2. The van der Waals surface area contributed by atoms with Crippen LogP contribution in [0.5, 0.6) is 17.2 Å². The minimum absolute atomic E-state index is 0.0598. The molecule has 8 heteroatoms. The second kappa shape index (κ2) is 8.41. The van der Waals surface area contributed by atoms with Crippen LogP contribution in [0.15, 0.2) is 62.6 Å². The highest BCUT2D eigenvalue weighted by atomic mass is 79.9. The van der Waals surface area contributed by atoms with Crippen molar-refractivity contribution in [3.8, 4) is 17.2 Å². The Kier molecular flexibility index (Phi) is 5.98. The average Bonchev–Trinajstić information content (AvgIpc) is 2.63. The molecule has 0 aliphatic heterocycles. The summed E-state index contributed by atoms with van der Waals surface area (Å²) in [4.78, 5) is 11.9. The molecular formula is C19H14Br2N2O4. The first-order valence-electron chi connectivity index (χ1n) is 7.78. The number of benzene rings is 3. The predicted octanol–water partition coefficient (Wildman–Crippen LogP) is 4.31. The fourth-order valence-corrected chi connectivity index (χ4v) is 3.33. The highest BCUT2D eigenvalue weighted by Crippen LogP contribution is 2.34. The molecule has 0 aliphatic rings. The van der Waals surface area contributed by atoms with E-state index < -0.39 is 5.91 Å². The van der Waals surface area contributed by atoms with Crippen LogP contribution < -0.4 is 10.2 Å². The van der Waals surface area contributed by atoms with Gasteiger partial charge in [0.25, 0.3) is 5.91 Å². The Balaban J connectivity index is 1.60. The zero-order valence-corrected chi connectivity index (χ0v) is 17.0. The van der Waals surface area contributed by atoms with Crippen LogP contribution in [-0.2, 0) is 4.79 Å². The first-order valence-corrected chi connectivity index (χ1v) is 9.37. The first kappa shape index (κ1) is 19.2. The van der Waals surface area contributed by atoms with E-state index >= 15 is 0 Å². The van der Waals surface area contributed by atoms with Crippen LogP contribution in [0.4, 0.5) is 0 Å². The van der Waals surface area contributed by atoms with E-state index in [2.05, 4.69) is 42.4 Å². The molecule has 0 atom stereocenters. The molecular weight excluding hydrogens is 480 g/mol. The summed E-state index contributed by atoms with van der Waals surface area (Å²) in [7, 11) is 0. The summed E-state index contributed by atoms with van der Waals surface area (Å²) in [5.74, 6) is -0.112. The van der Waals surface area contributed by atoms with Crippen molar-refractivity contribution >= 4 is 54.8 Å². The Morgan fingerprint density at radius 1 is 1.11 bits per heavy atom. The summed E-state index contributed by atoms with van der Waals surface area (Å²) >= 11 is 6.94. The van der Waals surface area contributed by atoms with Crippen LogP contribution in [0.25, 0.3) is 10.8 Å². The molecule has 0 fully saturated rings. The SMILES string of the molecule is O=C(COc1ccc2cc(Br)ccc2c1Br)N/N=C/c1ccc(O)cc1O. The van der Waals surface area contributed by atoms with E-state index in [1.54, 1.807) is 6.07 Å². The van der Waals surface area contributed by atoms with Crippen molar-refractivity contribution in [3.05, 3.63) is 63.0 Å². The lowest BCUT2D eigenvalue weighted by Crippen LogP contribution is -2.24. The highest BCUT2D eigenvalue weighted by Gasteiger charge is 2.09. The number of fused-ring (bicyclic) bond motifs is 1. The van der Waals surface area contributed by atoms with Crippen molar-refractivity contribution in [1.29, 1.82) is 0 Å². The Hall–Kier alpha value is -2.58. The van der Waals surface area contributed by atoms with Crippen molar-refractivity contribution < 1.29 is 19.7 Å². The number of hydrogen-bond donors (Lipinski definition) is 3. The Morgan fingerprint density at radius 3 is 2.70 bits per heavy atom. The van der Waals surface area contributed by atoms with Crippen LogP contribution in [-0.4, -0.2) is 28.9 Å². The van der Waals surface area contributed by atoms with E-state index in [9.17, 15) is 15.0 Å². The van der Waals surface area contributed by atoms with Gasteiger partial charge < -0.3 is 14.9 Å². The molecule has 0 spiro atoms. The number of ether oxygens (including phenoxy) is 1. The number of nitrogens with zero attached hydrogens (tertiary/aromatic N) is 1. The van der Waals surface area contributed by atoms with Gasteiger partial charge in [0.2, 0.25) is 0 Å². The summed E-state index contributed by atoms with van der Waals surface area (Å²) in [6.07, 6.45) is 1.27. The second-order valence-corrected chi connectivity index (χ2v) is 7.28. The molecule has 0 aromatic heterocycles. The summed E-state index contributed by atoms with van der Waals surface area (Å²) in [5, 5.41) is 24.6. The van der Waals surface area contributed by atoms with Gasteiger partial charge in [0.1, 0.15) is 17.2 Å². The average molecular weight is 494 g/mol. The lowest BCUT2D eigenvalue weighted by molar-refractivity contribution is -0.123. The number of nitrogens with one attached hydrogen (secondary N) is 1. The second-order valence-electron chi connectivity index (χ2n) is 5.57. The van der Waals surface area contributed by atoms with Gasteiger partial charge in [-0.2, -0.15) is 5.10 Å². The zero-order valence-electron chi connectivity index (χ0n) is 13.8. The normalized spacial score (nSPS) is 11.0. The molecule has 138 valence electrons. The lowest BCUT2D eigenvalue weighted by Gasteiger charge is -2.10. The number of amides is 1. The van der Waals surface area contributed by atoms with E-state index in [0.29, 0.717) is 11.3 Å². The van der Waals surface area contributed by atoms with Gasteiger partial charge in [-0.15, -0.1) is 0 Å². The molecule has 1 amide bonds. The number of carbonyl (C=O) groups is 1. The van der Waals surface area contributed by atoms with Crippen molar-refractivity contribution in [2.75, 3.05) is 6.61 Å². The molecule has 3 rings (SSSR count). The van der Waals surface area contributed by atoms with Gasteiger partial charge in [-0.25, -0.2) is 5.43 Å². The highest BCUT2D eigenvalue weighted by molar-refractivity contribution is 9.11. The summed E-state index contributed by atoms with van der Waals surface area (Å²) < 4.78 is 7.29. The number of carbonyl (C=O) groups excluding carboxylic acids is 1. The maximum atomic E-state index is 11.9. The zero-order chi connectivity index (χ0) is 19.4. The molecule has 3 aromatic rings. The Morgan fingerprint density at radius 2 is 1.93 bits per heavy atom. The van der Waals surface area contributed by atoms with E-state index in [4.69, 9.17) is 4.74 Å². The third-order valence-electron chi connectivity index (χ3n) is 3.65. The van der Waals surface area contributed by atoms with E-state index in [0.717, 1.165) is 19.7 Å². The molecule has 0 aliphatic carbocycles. The van der Waals surface area contributed by atoms with E-state index in [1.165, 1.54) is 24.4 Å². The largest absolute Gasteiger partial charge is 0.508 e. The minimum atomic E-state index is -0.452. The number of hydrazone groups is 1. The molecule has 0 radical (unpaired) electrons. The van der Waals surface area contributed by atoms with Crippen LogP contribution in [0, 0.1) is 0 Å². The van der Waals surface area contributed by atoms with E-state index in [1.807, 2.05) is 24.3 Å². The van der Waals surface area contributed by atoms with Gasteiger partial charge in [-0.3, -0.25) is 4.79 Å². The molecule has 0 saturated carbocycles. The van der Waals surface area contributed by atoms with Crippen LogP contribution >= 0.6 is 31.9 Å². The topological polar surface area (TPSA) is 91.2 Å². The predicted molar refractivity (Wildman–Crippen MR) is 110 cm³/mol. The number of hydrogen-bond acceptors (Lipinski definition) is 5. The van der Waals surface area contributed by atoms with Crippen molar-refractivity contribution in [3.63, 3.8) is 0 Å². The van der Waals surface area contributed by atoms with Gasteiger partial charge >= 0.3 is 0 Å². The monoisotopic (exact) mass is 492 g/mol. The molecule has 27 heavy (non-hydrogen) atoms. The maximum Gasteiger partial charge on any atom is 0.277 e. The smallest absolute Gasteiger partial charge is 0.277 e. The van der Waals surface area contributed by atoms with Crippen LogP contribution in [0.2, 0.25) is 0 Å². The maximum absolute atomic E-state index is 11.9. The third kappa shape index (κ3) is 4.78. The molecule has 6 nitrogen and oxygen atoms in total. The Bertz CT molecular complexity index is 1040. The molecule has 0 bridgehead atoms. The van der Waals surface area contributed by atoms with Gasteiger partial charge in [-0.1, -0.05) is 28.1 Å². The molecule has 3 aromatic carbocycles. The van der Waals surface area contributed by atoms with Crippen LogP contribution in [0.1, 0.15) is 5.56 Å². The number of rotatable bonds is 5. The quantitative estimate of drug-likeness (QED) is 0.365. The fraction of sp³-hybridized carbons (Fsp3) is 0.0526. The van der Waals surface area contributed by atoms with Crippen molar-refractivity contribution in [1.82, 2.24) is 5.43 Å². The number of aromatic hydroxyl groups is 2. The Labute approximate surface area is 171 Å². The standard InChI is InChI=1S/C19H14Br2N2O4/c20-13-3-5-15-11(7-13)2-6-17(19(15)21)27-10-18(26)23-22-9-12-1-4-14(24)8-16(12)25/h1-9,24-25H,10H2,(H,23,26)/b22-9+. The van der Waals surface area contributed by atoms with E-state index in [-0.39, 0.29) is 18.1 Å². The molecule has 0 heterocycles. The lowest BCUT2D eigenvalue weighted by atomic mass is 10.1. The van der Waals surface area contributed by atoms with Gasteiger partial charge in [0, 0.05) is 16.1 Å². The minimum Gasteiger partial charge on any atom is -0.508 e. The van der Waals surface area contributed by atoms with Gasteiger partial charge in [0.15, 0.2) is 6.61 Å².